The maximum atomic E-state index is 2.53. The number of rotatable bonds is 7. The monoisotopic (exact) mass is 252 g/mol. The average Bonchev–Trinajstić information content (AvgIpc) is 2.64. The van der Waals surface area contributed by atoms with Gasteiger partial charge in [0.05, 0.1) is 0 Å². The molecule has 0 nitrogen and oxygen atoms in total. The van der Waals surface area contributed by atoms with Crippen LogP contribution in [0.15, 0.2) is 0 Å². The minimum atomic E-state index is 0.931. The third-order valence-corrected chi connectivity index (χ3v) is 5.37. The normalized spacial score (nSPS) is 23.3. The van der Waals surface area contributed by atoms with Gasteiger partial charge in [-0.25, -0.2) is 0 Å². The lowest BCUT2D eigenvalue weighted by molar-refractivity contribution is 0.206. The second-order valence-electron chi connectivity index (χ2n) is 7.07. The van der Waals surface area contributed by atoms with Crippen LogP contribution < -0.4 is 0 Å². The Labute approximate surface area is 116 Å². The van der Waals surface area contributed by atoms with Gasteiger partial charge in [0.15, 0.2) is 0 Å². The molecular weight excluding hydrogens is 216 g/mol. The summed E-state index contributed by atoms with van der Waals surface area (Å²) in [6, 6.07) is 0. The van der Waals surface area contributed by atoms with Gasteiger partial charge in [-0.1, -0.05) is 85.5 Å². The Morgan fingerprint density at radius 2 is 1.56 bits per heavy atom. The van der Waals surface area contributed by atoms with Crippen LogP contribution in [0.5, 0.6) is 0 Å². The molecule has 1 rings (SSSR count). The molecule has 0 radical (unpaired) electrons. The predicted octanol–water partition coefficient (Wildman–Crippen LogP) is 6.45. The molecule has 0 aromatic carbocycles. The molecular formula is C18H36. The molecule has 1 aliphatic carbocycles. The van der Waals surface area contributed by atoms with Gasteiger partial charge in [0.1, 0.15) is 0 Å². The van der Waals surface area contributed by atoms with Crippen molar-refractivity contribution in [3.8, 4) is 0 Å². The van der Waals surface area contributed by atoms with Crippen LogP contribution in [0.2, 0.25) is 0 Å². The van der Waals surface area contributed by atoms with Crippen molar-refractivity contribution in [1.82, 2.24) is 0 Å². The fourth-order valence-electron chi connectivity index (χ4n) is 3.82. The topological polar surface area (TPSA) is 0 Å². The predicted molar refractivity (Wildman–Crippen MR) is 82.8 cm³/mol. The molecule has 0 saturated heterocycles. The van der Waals surface area contributed by atoms with Gasteiger partial charge in [-0.05, 0) is 30.1 Å². The van der Waals surface area contributed by atoms with Gasteiger partial charge in [-0.3, -0.25) is 0 Å². The largest absolute Gasteiger partial charge is 0.0654 e. The molecule has 0 aromatic heterocycles. The molecule has 1 saturated carbocycles. The molecule has 0 bridgehead atoms. The van der Waals surface area contributed by atoms with E-state index in [4.69, 9.17) is 0 Å². The van der Waals surface area contributed by atoms with Crippen molar-refractivity contribution >= 4 is 0 Å². The smallest absolute Gasteiger partial charge is 0.0386 e. The zero-order valence-electron chi connectivity index (χ0n) is 13.4. The Morgan fingerprint density at radius 3 is 2.11 bits per heavy atom. The van der Waals surface area contributed by atoms with Crippen molar-refractivity contribution in [3.05, 3.63) is 0 Å². The third-order valence-electron chi connectivity index (χ3n) is 5.37. The summed E-state index contributed by atoms with van der Waals surface area (Å²) >= 11 is 0. The maximum Gasteiger partial charge on any atom is -0.0386 e. The highest BCUT2D eigenvalue weighted by atomic mass is 14.3. The zero-order chi connectivity index (χ0) is 13.4. The molecule has 3 unspecified atom stereocenters. The van der Waals surface area contributed by atoms with Crippen LogP contribution in [-0.4, -0.2) is 0 Å². The number of hydrogen-bond donors (Lipinski definition) is 0. The van der Waals surface area contributed by atoms with E-state index in [-0.39, 0.29) is 0 Å². The van der Waals surface area contributed by atoms with Gasteiger partial charge in [0.25, 0.3) is 0 Å². The van der Waals surface area contributed by atoms with Crippen LogP contribution in [-0.2, 0) is 0 Å². The summed E-state index contributed by atoms with van der Waals surface area (Å²) in [6.07, 6.45) is 14.7. The van der Waals surface area contributed by atoms with Crippen molar-refractivity contribution in [3.63, 3.8) is 0 Å². The average molecular weight is 252 g/mol. The number of unbranched alkanes of at least 4 members (excludes halogenated alkanes) is 1. The van der Waals surface area contributed by atoms with E-state index >= 15 is 0 Å². The van der Waals surface area contributed by atoms with E-state index < -0.39 is 0 Å². The standard InChI is InChI=1S/C18H36/c1-5-6-11-15(2)14-16(3)17(4)18-12-9-7-8-10-13-18/h15-18H,5-14H2,1-4H3. The van der Waals surface area contributed by atoms with Crippen LogP contribution in [0, 0.1) is 23.7 Å². The minimum Gasteiger partial charge on any atom is -0.0654 e. The molecule has 0 aromatic rings. The highest BCUT2D eigenvalue weighted by Crippen LogP contribution is 2.35. The molecule has 0 amide bonds. The van der Waals surface area contributed by atoms with E-state index in [1.54, 1.807) is 0 Å². The maximum absolute atomic E-state index is 2.53. The lowest BCUT2D eigenvalue weighted by atomic mass is 9.76. The summed E-state index contributed by atoms with van der Waals surface area (Å²) in [4.78, 5) is 0. The Morgan fingerprint density at radius 1 is 0.944 bits per heavy atom. The summed E-state index contributed by atoms with van der Waals surface area (Å²) in [5, 5.41) is 0. The minimum absolute atomic E-state index is 0.931. The molecule has 0 heterocycles. The first kappa shape index (κ1) is 16.1. The molecule has 18 heavy (non-hydrogen) atoms. The van der Waals surface area contributed by atoms with Crippen molar-refractivity contribution in [2.24, 2.45) is 23.7 Å². The first-order chi connectivity index (χ1) is 8.65. The van der Waals surface area contributed by atoms with Gasteiger partial charge in [0.2, 0.25) is 0 Å². The van der Waals surface area contributed by atoms with Crippen molar-refractivity contribution < 1.29 is 0 Å². The van der Waals surface area contributed by atoms with Gasteiger partial charge in [-0.2, -0.15) is 0 Å². The van der Waals surface area contributed by atoms with Gasteiger partial charge >= 0.3 is 0 Å². The van der Waals surface area contributed by atoms with Crippen LogP contribution >= 0.6 is 0 Å². The molecule has 0 N–H and O–H groups in total. The first-order valence-electron chi connectivity index (χ1n) is 8.65. The summed E-state index contributed by atoms with van der Waals surface area (Å²) < 4.78 is 0. The van der Waals surface area contributed by atoms with Crippen molar-refractivity contribution in [2.45, 2.75) is 91.9 Å². The summed E-state index contributed by atoms with van der Waals surface area (Å²) in [6.45, 7) is 9.82. The molecule has 0 spiro atoms. The molecule has 3 atom stereocenters. The second-order valence-corrected chi connectivity index (χ2v) is 7.07. The van der Waals surface area contributed by atoms with Crippen LogP contribution in [0.4, 0.5) is 0 Å². The third kappa shape index (κ3) is 5.76. The lowest BCUT2D eigenvalue weighted by Gasteiger charge is -2.30. The highest BCUT2D eigenvalue weighted by molar-refractivity contribution is 4.75. The van der Waals surface area contributed by atoms with E-state index in [1.807, 2.05) is 0 Å². The number of hydrogen-bond acceptors (Lipinski definition) is 0. The zero-order valence-corrected chi connectivity index (χ0v) is 13.4. The van der Waals surface area contributed by atoms with Crippen LogP contribution in [0.25, 0.3) is 0 Å². The molecule has 1 aliphatic rings. The van der Waals surface area contributed by atoms with E-state index in [1.165, 1.54) is 64.2 Å². The van der Waals surface area contributed by atoms with E-state index in [9.17, 15) is 0 Å². The van der Waals surface area contributed by atoms with Crippen molar-refractivity contribution in [1.29, 1.82) is 0 Å². The fraction of sp³-hybridized carbons (Fsp3) is 1.00. The summed E-state index contributed by atoms with van der Waals surface area (Å²) in [5.41, 5.74) is 0. The van der Waals surface area contributed by atoms with E-state index in [0.717, 1.165) is 23.7 Å². The quantitative estimate of drug-likeness (QED) is 0.457. The Hall–Kier alpha value is 0. The van der Waals surface area contributed by atoms with E-state index in [2.05, 4.69) is 27.7 Å². The fourth-order valence-corrected chi connectivity index (χ4v) is 3.82. The van der Waals surface area contributed by atoms with Gasteiger partial charge in [0, 0.05) is 0 Å². The Bertz CT molecular complexity index is 188. The Kier molecular flexibility index (Phi) is 8.02. The first-order valence-corrected chi connectivity index (χ1v) is 8.65. The SMILES string of the molecule is CCCCC(C)CC(C)C(C)C1CCCCCC1. The molecule has 0 heteroatoms. The molecule has 0 aliphatic heterocycles. The van der Waals surface area contributed by atoms with E-state index in [0.29, 0.717) is 0 Å². The highest BCUT2D eigenvalue weighted by Gasteiger charge is 2.24. The summed E-state index contributed by atoms with van der Waals surface area (Å²) in [7, 11) is 0. The van der Waals surface area contributed by atoms with Crippen LogP contribution in [0.3, 0.4) is 0 Å². The van der Waals surface area contributed by atoms with Crippen LogP contribution in [0.1, 0.15) is 91.9 Å². The molecule has 1 fully saturated rings. The van der Waals surface area contributed by atoms with Crippen molar-refractivity contribution in [2.75, 3.05) is 0 Å². The lowest BCUT2D eigenvalue weighted by Crippen LogP contribution is -2.20. The van der Waals surface area contributed by atoms with Gasteiger partial charge < -0.3 is 0 Å². The second kappa shape index (κ2) is 8.99. The molecule has 108 valence electrons. The summed E-state index contributed by atoms with van der Waals surface area (Å²) in [5.74, 6) is 3.85. The van der Waals surface area contributed by atoms with Gasteiger partial charge in [-0.15, -0.1) is 0 Å². The Balaban J connectivity index is 2.32.